The lowest BCUT2D eigenvalue weighted by Gasteiger charge is -2.20. The van der Waals surface area contributed by atoms with Crippen LogP contribution in [-0.4, -0.2) is 25.2 Å². The van der Waals surface area contributed by atoms with Crippen LogP contribution < -0.4 is 10.1 Å². The van der Waals surface area contributed by atoms with Gasteiger partial charge in [-0.2, -0.15) is 0 Å². The van der Waals surface area contributed by atoms with Crippen molar-refractivity contribution in [1.82, 2.24) is 5.32 Å². The van der Waals surface area contributed by atoms with Gasteiger partial charge in [0.15, 0.2) is 0 Å². The number of Topliss-reactive ketones (excluding diaryl/α,β-unsaturated/α-hetero) is 1. The second kappa shape index (κ2) is 5.44. The van der Waals surface area contributed by atoms with Gasteiger partial charge in [-0.05, 0) is 30.7 Å². The molecule has 1 saturated heterocycles. The number of benzene rings is 1. The Balaban J connectivity index is 1.98. The van der Waals surface area contributed by atoms with Gasteiger partial charge in [0.2, 0.25) is 0 Å². The second-order valence-corrected chi connectivity index (χ2v) is 5.28. The number of carbonyl (C=O) groups excluding carboxylic acids is 1. The van der Waals surface area contributed by atoms with Crippen LogP contribution in [0.5, 0.6) is 5.75 Å². The number of carbonyl (C=O) groups is 1. The summed E-state index contributed by atoms with van der Waals surface area (Å²) >= 11 is 0. The quantitative estimate of drug-likeness (QED) is 0.925. The lowest BCUT2D eigenvalue weighted by molar-refractivity contribution is -0.274. The average Bonchev–Trinajstić information content (AvgIpc) is 2.78. The van der Waals surface area contributed by atoms with E-state index in [0.717, 1.165) is 13.0 Å². The van der Waals surface area contributed by atoms with Crippen LogP contribution in [0, 0.1) is 5.41 Å². The number of ketones is 1. The van der Waals surface area contributed by atoms with Gasteiger partial charge in [0.25, 0.3) is 0 Å². The molecular weight excluding hydrogens is 271 g/mol. The molecule has 0 amide bonds. The highest BCUT2D eigenvalue weighted by molar-refractivity contribution is 5.87. The Morgan fingerprint density at radius 2 is 2.00 bits per heavy atom. The molecular formula is C14H16F3NO2. The third-order valence-electron chi connectivity index (χ3n) is 3.56. The van der Waals surface area contributed by atoms with Crippen molar-refractivity contribution in [3.05, 3.63) is 29.8 Å². The summed E-state index contributed by atoms with van der Waals surface area (Å²) in [5.74, 6) is -0.172. The average molecular weight is 287 g/mol. The van der Waals surface area contributed by atoms with Crippen molar-refractivity contribution in [1.29, 1.82) is 0 Å². The summed E-state index contributed by atoms with van der Waals surface area (Å²) in [6, 6.07) is 5.44. The predicted molar refractivity (Wildman–Crippen MR) is 67.4 cm³/mol. The first kappa shape index (κ1) is 14.8. The fourth-order valence-electron chi connectivity index (χ4n) is 2.26. The Morgan fingerprint density at radius 3 is 2.50 bits per heavy atom. The molecule has 110 valence electrons. The van der Waals surface area contributed by atoms with E-state index in [1.807, 2.05) is 6.92 Å². The molecule has 0 bridgehead atoms. The largest absolute Gasteiger partial charge is 0.573 e. The van der Waals surface area contributed by atoms with E-state index in [1.54, 1.807) is 0 Å². The van der Waals surface area contributed by atoms with Crippen molar-refractivity contribution >= 4 is 5.78 Å². The molecule has 1 aliphatic rings. The summed E-state index contributed by atoms with van der Waals surface area (Å²) < 4.78 is 39.9. The molecule has 1 N–H and O–H groups in total. The highest BCUT2D eigenvalue weighted by Crippen LogP contribution is 2.28. The van der Waals surface area contributed by atoms with Crippen LogP contribution >= 0.6 is 0 Å². The van der Waals surface area contributed by atoms with Crippen molar-refractivity contribution in [3.63, 3.8) is 0 Å². The Labute approximate surface area is 115 Å². The molecule has 0 radical (unpaired) electrons. The minimum atomic E-state index is -4.69. The Kier molecular flexibility index (Phi) is 4.04. The standard InChI is InChI=1S/C14H16F3NO2/c1-13(6-7-18-9-13)12(19)8-10-2-4-11(5-3-10)20-14(15,16)17/h2-5,18H,6-9H2,1H3. The minimum Gasteiger partial charge on any atom is -0.406 e. The molecule has 1 aliphatic heterocycles. The van der Waals surface area contributed by atoms with Crippen LogP contribution in [0.4, 0.5) is 13.2 Å². The molecule has 1 unspecified atom stereocenters. The van der Waals surface area contributed by atoms with Crippen molar-refractivity contribution in [2.75, 3.05) is 13.1 Å². The van der Waals surface area contributed by atoms with Gasteiger partial charge >= 0.3 is 6.36 Å². The van der Waals surface area contributed by atoms with Crippen LogP contribution in [0.3, 0.4) is 0 Å². The highest BCUT2D eigenvalue weighted by Gasteiger charge is 2.35. The highest BCUT2D eigenvalue weighted by atomic mass is 19.4. The maximum atomic E-state index is 12.2. The summed E-state index contributed by atoms with van der Waals surface area (Å²) in [7, 11) is 0. The molecule has 1 atom stereocenters. The van der Waals surface area contributed by atoms with Gasteiger partial charge in [-0.1, -0.05) is 19.1 Å². The summed E-state index contributed by atoms with van der Waals surface area (Å²) in [6.07, 6.45) is -3.67. The zero-order chi connectivity index (χ0) is 14.8. The van der Waals surface area contributed by atoms with Gasteiger partial charge in [-0.25, -0.2) is 0 Å². The number of hydrogen-bond donors (Lipinski definition) is 1. The van der Waals surface area contributed by atoms with Gasteiger partial charge in [0, 0.05) is 18.4 Å². The zero-order valence-corrected chi connectivity index (χ0v) is 11.1. The van der Waals surface area contributed by atoms with Gasteiger partial charge in [0.05, 0.1) is 0 Å². The first-order valence-electron chi connectivity index (χ1n) is 6.37. The van der Waals surface area contributed by atoms with E-state index in [2.05, 4.69) is 10.1 Å². The van der Waals surface area contributed by atoms with Gasteiger partial charge in [-0.15, -0.1) is 13.2 Å². The van der Waals surface area contributed by atoms with E-state index in [1.165, 1.54) is 24.3 Å². The number of nitrogens with one attached hydrogen (secondary N) is 1. The van der Waals surface area contributed by atoms with Crippen LogP contribution in [0.15, 0.2) is 24.3 Å². The molecule has 6 heteroatoms. The normalized spacial score (nSPS) is 22.8. The van der Waals surface area contributed by atoms with Crippen LogP contribution in [-0.2, 0) is 11.2 Å². The number of ether oxygens (including phenoxy) is 1. The monoisotopic (exact) mass is 287 g/mol. The SMILES string of the molecule is CC1(C(=O)Cc2ccc(OC(F)(F)F)cc2)CCNC1. The van der Waals surface area contributed by atoms with Crippen molar-refractivity contribution in [2.24, 2.45) is 5.41 Å². The van der Waals surface area contributed by atoms with Crippen molar-refractivity contribution in [2.45, 2.75) is 26.1 Å². The van der Waals surface area contributed by atoms with Gasteiger partial charge < -0.3 is 10.1 Å². The first-order chi connectivity index (χ1) is 9.28. The van der Waals surface area contributed by atoms with Crippen LogP contribution in [0.25, 0.3) is 0 Å². The molecule has 1 aromatic carbocycles. The number of hydrogen-bond acceptors (Lipinski definition) is 3. The molecule has 1 aromatic rings. The second-order valence-electron chi connectivity index (χ2n) is 5.28. The number of halogens is 3. The van der Waals surface area contributed by atoms with Crippen molar-refractivity contribution in [3.8, 4) is 5.75 Å². The van der Waals surface area contributed by atoms with E-state index in [-0.39, 0.29) is 23.4 Å². The Hall–Kier alpha value is -1.56. The van der Waals surface area contributed by atoms with E-state index >= 15 is 0 Å². The van der Waals surface area contributed by atoms with E-state index < -0.39 is 6.36 Å². The third-order valence-corrected chi connectivity index (χ3v) is 3.56. The van der Waals surface area contributed by atoms with E-state index in [4.69, 9.17) is 0 Å². The topological polar surface area (TPSA) is 38.3 Å². The lowest BCUT2D eigenvalue weighted by atomic mass is 9.82. The molecule has 0 aromatic heterocycles. The zero-order valence-electron chi connectivity index (χ0n) is 11.1. The summed E-state index contributed by atoms with van der Waals surface area (Å²) in [5.41, 5.74) is 0.318. The van der Waals surface area contributed by atoms with Crippen molar-refractivity contribution < 1.29 is 22.7 Å². The molecule has 0 spiro atoms. The molecule has 1 heterocycles. The molecule has 20 heavy (non-hydrogen) atoms. The molecule has 2 rings (SSSR count). The summed E-state index contributed by atoms with van der Waals surface area (Å²) in [5, 5.41) is 3.15. The molecule has 3 nitrogen and oxygen atoms in total. The molecule has 0 aliphatic carbocycles. The minimum absolute atomic E-state index is 0.104. The third kappa shape index (κ3) is 3.72. The summed E-state index contributed by atoms with van der Waals surface area (Å²) in [4.78, 5) is 12.2. The van der Waals surface area contributed by atoms with E-state index in [9.17, 15) is 18.0 Å². The first-order valence-corrected chi connectivity index (χ1v) is 6.37. The fraction of sp³-hybridized carbons (Fsp3) is 0.500. The lowest BCUT2D eigenvalue weighted by Crippen LogP contribution is -2.31. The predicted octanol–water partition coefficient (Wildman–Crippen LogP) is 2.70. The maximum absolute atomic E-state index is 12.2. The Bertz CT molecular complexity index is 476. The van der Waals surface area contributed by atoms with E-state index in [0.29, 0.717) is 12.1 Å². The molecule has 1 fully saturated rings. The Morgan fingerprint density at radius 1 is 1.35 bits per heavy atom. The molecule has 0 saturated carbocycles. The van der Waals surface area contributed by atoms with Crippen LogP contribution in [0.1, 0.15) is 18.9 Å². The fourth-order valence-corrected chi connectivity index (χ4v) is 2.26. The summed E-state index contributed by atoms with van der Waals surface area (Å²) in [6.45, 7) is 3.39. The maximum Gasteiger partial charge on any atom is 0.573 e. The van der Waals surface area contributed by atoms with Gasteiger partial charge in [0.1, 0.15) is 11.5 Å². The number of rotatable bonds is 4. The van der Waals surface area contributed by atoms with Crippen LogP contribution in [0.2, 0.25) is 0 Å². The number of alkyl halides is 3. The van der Waals surface area contributed by atoms with Gasteiger partial charge in [-0.3, -0.25) is 4.79 Å². The smallest absolute Gasteiger partial charge is 0.406 e.